The number of anilines is 1. The van der Waals surface area contributed by atoms with Crippen LogP contribution in [0.3, 0.4) is 0 Å². The number of H-pyrrole nitrogens is 1. The molecule has 1 aromatic heterocycles. The van der Waals surface area contributed by atoms with Gasteiger partial charge in [-0.05, 0) is 61.6 Å². The van der Waals surface area contributed by atoms with E-state index in [2.05, 4.69) is 15.5 Å². The van der Waals surface area contributed by atoms with E-state index in [-0.39, 0.29) is 17.8 Å². The summed E-state index contributed by atoms with van der Waals surface area (Å²) in [5.74, 6) is -0.113. The molecule has 2 heterocycles. The van der Waals surface area contributed by atoms with E-state index >= 15 is 0 Å². The number of nitrogens with one attached hydrogen (secondary N) is 2. The Balaban J connectivity index is 1.14. The summed E-state index contributed by atoms with van der Waals surface area (Å²) >= 11 is 0. The summed E-state index contributed by atoms with van der Waals surface area (Å²) < 4.78 is 13.4. The Morgan fingerprint density at radius 1 is 1.14 bits per heavy atom. The zero-order chi connectivity index (χ0) is 24.6. The number of carbonyl (C=O) groups excluding carboxylic acids is 2. The second kappa shape index (κ2) is 11.6. The fraction of sp³-hybridized carbons (Fsp3) is 0.370. The quantitative estimate of drug-likeness (QED) is 0.408. The van der Waals surface area contributed by atoms with Crippen LogP contribution in [0.15, 0.2) is 54.6 Å². The molecule has 0 saturated carbocycles. The van der Waals surface area contributed by atoms with Crippen LogP contribution in [-0.4, -0.2) is 47.2 Å². The summed E-state index contributed by atoms with van der Waals surface area (Å²) in [5.41, 5.74) is 4.40. The van der Waals surface area contributed by atoms with E-state index in [1.807, 2.05) is 41.3 Å². The van der Waals surface area contributed by atoms with Crippen molar-refractivity contribution in [2.45, 2.75) is 45.1 Å². The number of unbranched alkanes of at least 4 members (excludes halogenated alkanes) is 2. The van der Waals surface area contributed by atoms with Gasteiger partial charge < -0.3 is 15.1 Å². The van der Waals surface area contributed by atoms with Gasteiger partial charge in [0.2, 0.25) is 5.91 Å². The summed E-state index contributed by atoms with van der Waals surface area (Å²) in [4.78, 5) is 27.9. The molecule has 0 unspecified atom stereocenters. The largest absolute Gasteiger partial charge is 0.334 e. The lowest BCUT2D eigenvalue weighted by atomic mass is 10.1. The predicted octanol–water partition coefficient (Wildman–Crippen LogP) is 4.90. The zero-order valence-corrected chi connectivity index (χ0v) is 20.1. The maximum absolute atomic E-state index is 13.4. The highest BCUT2D eigenvalue weighted by Gasteiger charge is 2.21. The summed E-state index contributed by atoms with van der Waals surface area (Å²) in [6.07, 6.45) is 5.21. The molecule has 1 fully saturated rings. The van der Waals surface area contributed by atoms with Crippen molar-refractivity contribution in [2.75, 3.05) is 25.0 Å². The van der Waals surface area contributed by atoms with Crippen LogP contribution in [0.25, 0.3) is 11.3 Å². The Morgan fingerprint density at radius 2 is 2.00 bits per heavy atom. The fourth-order valence-corrected chi connectivity index (χ4v) is 4.30. The van der Waals surface area contributed by atoms with Gasteiger partial charge in [-0.1, -0.05) is 30.7 Å². The summed E-state index contributed by atoms with van der Waals surface area (Å²) in [6, 6.07) is 16.1. The van der Waals surface area contributed by atoms with Crippen LogP contribution in [0.2, 0.25) is 0 Å². The van der Waals surface area contributed by atoms with Crippen LogP contribution in [0.1, 0.15) is 43.4 Å². The molecule has 0 atom stereocenters. The van der Waals surface area contributed by atoms with E-state index in [1.165, 1.54) is 12.1 Å². The number of aromatic amines is 1. The molecule has 8 heteroatoms. The molecular formula is C27H32FN5O2. The van der Waals surface area contributed by atoms with Crippen molar-refractivity contribution in [3.05, 3.63) is 71.7 Å². The third-order valence-electron chi connectivity index (χ3n) is 6.28. The van der Waals surface area contributed by atoms with E-state index in [4.69, 9.17) is 0 Å². The molecule has 2 N–H and O–H groups in total. The molecule has 2 aromatic carbocycles. The minimum Gasteiger partial charge on any atom is -0.334 e. The zero-order valence-electron chi connectivity index (χ0n) is 20.1. The number of hydrogen-bond donors (Lipinski definition) is 2. The van der Waals surface area contributed by atoms with Gasteiger partial charge in [0.25, 0.3) is 0 Å². The van der Waals surface area contributed by atoms with E-state index in [1.54, 1.807) is 18.0 Å². The number of carbonyl (C=O) groups is 2. The van der Waals surface area contributed by atoms with Crippen molar-refractivity contribution >= 4 is 17.6 Å². The predicted molar refractivity (Wildman–Crippen MR) is 134 cm³/mol. The molecule has 1 aliphatic rings. The Hall–Kier alpha value is -3.68. The summed E-state index contributed by atoms with van der Waals surface area (Å²) in [5, 5.41) is 10.3. The first-order valence-corrected chi connectivity index (χ1v) is 12.2. The molecule has 0 bridgehead atoms. The van der Waals surface area contributed by atoms with Crippen molar-refractivity contribution in [1.82, 2.24) is 20.4 Å². The maximum atomic E-state index is 13.4. The lowest BCUT2D eigenvalue weighted by Crippen LogP contribution is -2.37. The molecule has 35 heavy (non-hydrogen) atoms. The maximum Gasteiger partial charge on any atom is 0.317 e. The van der Waals surface area contributed by atoms with Crippen LogP contribution in [0, 0.1) is 5.82 Å². The first kappa shape index (κ1) is 24.4. The lowest BCUT2D eigenvalue weighted by molar-refractivity contribution is -0.117. The number of aryl methyl sites for hydroxylation is 1. The number of halogens is 1. The highest BCUT2D eigenvalue weighted by Crippen LogP contribution is 2.22. The minimum atomic E-state index is -0.271. The van der Waals surface area contributed by atoms with Crippen LogP contribution in [0.5, 0.6) is 0 Å². The van der Waals surface area contributed by atoms with E-state index in [9.17, 15) is 14.0 Å². The summed E-state index contributed by atoms with van der Waals surface area (Å²) in [6.45, 7) is 1.85. The van der Waals surface area contributed by atoms with Crippen LogP contribution in [-0.2, 0) is 17.8 Å². The van der Waals surface area contributed by atoms with Gasteiger partial charge in [-0.2, -0.15) is 5.10 Å². The van der Waals surface area contributed by atoms with Gasteiger partial charge in [-0.15, -0.1) is 0 Å². The number of hydrogen-bond acceptors (Lipinski definition) is 3. The Bertz CT molecular complexity index is 1160. The van der Waals surface area contributed by atoms with Crippen molar-refractivity contribution in [3.63, 3.8) is 0 Å². The second-order valence-electron chi connectivity index (χ2n) is 9.00. The van der Waals surface area contributed by atoms with Gasteiger partial charge in [0.1, 0.15) is 5.82 Å². The van der Waals surface area contributed by atoms with Gasteiger partial charge in [-0.25, -0.2) is 9.18 Å². The SMILES string of the molecule is CN(CCCCCc1cc(-c2cccc(F)c2)n[nH]1)C(=O)NCc1cccc(N2CCCC2=O)c1. The first-order valence-electron chi connectivity index (χ1n) is 12.2. The molecule has 1 aliphatic heterocycles. The number of benzene rings is 2. The molecule has 0 aliphatic carbocycles. The molecule has 3 amide bonds. The molecule has 1 saturated heterocycles. The number of amides is 3. The van der Waals surface area contributed by atoms with E-state index in [0.29, 0.717) is 19.5 Å². The number of aromatic nitrogens is 2. The monoisotopic (exact) mass is 477 g/mol. The highest BCUT2D eigenvalue weighted by molar-refractivity contribution is 5.95. The van der Waals surface area contributed by atoms with Crippen molar-refractivity contribution < 1.29 is 14.0 Å². The Morgan fingerprint density at radius 3 is 2.80 bits per heavy atom. The van der Waals surface area contributed by atoms with Crippen molar-refractivity contribution in [2.24, 2.45) is 0 Å². The van der Waals surface area contributed by atoms with Crippen molar-refractivity contribution in [1.29, 1.82) is 0 Å². The molecule has 7 nitrogen and oxygen atoms in total. The Labute approximate surface area is 205 Å². The molecule has 0 radical (unpaired) electrons. The topological polar surface area (TPSA) is 81.3 Å². The Kier molecular flexibility index (Phi) is 8.13. The van der Waals surface area contributed by atoms with E-state index in [0.717, 1.165) is 66.9 Å². The van der Waals surface area contributed by atoms with E-state index < -0.39 is 0 Å². The number of rotatable bonds is 10. The lowest BCUT2D eigenvalue weighted by Gasteiger charge is -2.19. The third kappa shape index (κ3) is 6.68. The van der Waals surface area contributed by atoms with Crippen LogP contribution in [0.4, 0.5) is 14.9 Å². The first-order chi connectivity index (χ1) is 17.0. The average molecular weight is 478 g/mol. The average Bonchev–Trinajstić information content (AvgIpc) is 3.51. The van der Waals surface area contributed by atoms with Crippen LogP contribution >= 0.6 is 0 Å². The smallest absolute Gasteiger partial charge is 0.317 e. The number of nitrogens with zero attached hydrogens (tertiary/aromatic N) is 3. The molecule has 4 rings (SSSR count). The van der Waals surface area contributed by atoms with Gasteiger partial charge in [-0.3, -0.25) is 9.89 Å². The molecule has 3 aromatic rings. The van der Waals surface area contributed by atoms with Gasteiger partial charge >= 0.3 is 6.03 Å². The fourth-order valence-electron chi connectivity index (χ4n) is 4.30. The molecule has 0 spiro atoms. The minimum absolute atomic E-state index is 0.110. The molecule has 184 valence electrons. The van der Waals surface area contributed by atoms with Crippen molar-refractivity contribution in [3.8, 4) is 11.3 Å². The molecular weight excluding hydrogens is 445 g/mol. The summed E-state index contributed by atoms with van der Waals surface area (Å²) in [7, 11) is 1.80. The van der Waals surface area contributed by atoms with Gasteiger partial charge in [0.05, 0.1) is 5.69 Å². The standard InChI is InChI=1S/C27H32FN5O2/c1-32(27(35)29-19-20-8-5-12-24(16-20)33-15-7-13-26(33)34)14-4-2-3-11-23-18-25(31-30-23)21-9-6-10-22(28)17-21/h5-6,8-10,12,16-18H,2-4,7,11,13-15,19H2,1H3,(H,29,35)(H,30,31). The van der Waals surface area contributed by atoms with Crippen LogP contribution < -0.4 is 10.2 Å². The van der Waals surface area contributed by atoms with Gasteiger partial charge in [0, 0.05) is 50.0 Å². The highest BCUT2D eigenvalue weighted by atomic mass is 19.1. The number of urea groups is 1. The third-order valence-corrected chi connectivity index (χ3v) is 6.28. The van der Waals surface area contributed by atoms with Gasteiger partial charge in [0.15, 0.2) is 0 Å². The normalized spacial score (nSPS) is 13.3. The second-order valence-corrected chi connectivity index (χ2v) is 9.00.